The molecule has 1 heterocycles. The van der Waals surface area contributed by atoms with E-state index < -0.39 is 0 Å². The van der Waals surface area contributed by atoms with E-state index in [2.05, 4.69) is 16.9 Å². The highest BCUT2D eigenvalue weighted by Gasteiger charge is 2.08. The number of hydrogen-bond acceptors (Lipinski definition) is 3. The highest BCUT2D eigenvalue weighted by Crippen LogP contribution is 2.07. The molecule has 0 atom stereocenters. The third-order valence-electron chi connectivity index (χ3n) is 1.84. The summed E-state index contributed by atoms with van der Waals surface area (Å²) in [5, 5.41) is 2.54. The lowest BCUT2D eigenvalue weighted by Crippen LogP contribution is -2.22. The molecule has 0 radical (unpaired) electrons. The van der Waals surface area contributed by atoms with Crippen LogP contribution in [-0.4, -0.2) is 35.8 Å². The van der Waals surface area contributed by atoms with E-state index in [0.29, 0.717) is 11.4 Å². The van der Waals surface area contributed by atoms with Crippen molar-refractivity contribution in [3.05, 3.63) is 36.7 Å². The molecule has 0 aliphatic carbocycles. The van der Waals surface area contributed by atoms with Gasteiger partial charge in [-0.2, -0.15) is 0 Å². The van der Waals surface area contributed by atoms with Crippen LogP contribution in [0.2, 0.25) is 0 Å². The van der Waals surface area contributed by atoms with Crippen molar-refractivity contribution in [3.63, 3.8) is 0 Å². The second-order valence-electron chi connectivity index (χ2n) is 3.33. The largest absolute Gasteiger partial charge is 0.343 e. The van der Waals surface area contributed by atoms with Crippen molar-refractivity contribution in [1.82, 2.24) is 9.88 Å². The Labute approximate surface area is 93.8 Å². The lowest BCUT2D eigenvalue weighted by molar-refractivity contribution is -0.111. The van der Waals surface area contributed by atoms with Gasteiger partial charge in [-0.15, -0.1) is 0 Å². The van der Waals surface area contributed by atoms with Crippen LogP contribution < -0.4 is 5.32 Å². The standard InChI is InChI=1S/C11H13N3O2/c1-4-10(15)13-8-5-6-9(12-7-8)11(16)14(2)3/h4-7H,1H2,2-3H3,(H,13,15). The molecule has 0 saturated heterocycles. The minimum atomic E-state index is -0.312. The maximum Gasteiger partial charge on any atom is 0.271 e. The van der Waals surface area contributed by atoms with E-state index in [-0.39, 0.29) is 11.8 Å². The van der Waals surface area contributed by atoms with Gasteiger partial charge < -0.3 is 10.2 Å². The second kappa shape index (κ2) is 5.06. The molecule has 2 amide bonds. The third kappa shape index (κ3) is 2.91. The molecule has 1 N–H and O–H groups in total. The molecule has 0 fully saturated rings. The first-order chi connectivity index (χ1) is 7.54. The molecule has 5 nitrogen and oxygen atoms in total. The number of rotatable bonds is 3. The molecule has 0 aliphatic rings. The maximum absolute atomic E-state index is 11.5. The molecule has 0 saturated carbocycles. The highest BCUT2D eigenvalue weighted by atomic mass is 16.2. The fourth-order valence-electron chi connectivity index (χ4n) is 1.02. The smallest absolute Gasteiger partial charge is 0.271 e. The van der Waals surface area contributed by atoms with E-state index in [1.807, 2.05) is 0 Å². The monoisotopic (exact) mass is 219 g/mol. The lowest BCUT2D eigenvalue weighted by atomic mass is 10.3. The van der Waals surface area contributed by atoms with E-state index in [1.54, 1.807) is 26.2 Å². The molecule has 1 aromatic rings. The van der Waals surface area contributed by atoms with Crippen LogP contribution in [-0.2, 0) is 4.79 Å². The summed E-state index contributed by atoms with van der Waals surface area (Å²) in [6, 6.07) is 3.17. The average molecular weight is 219 g/mol. The SMILES string of the molecule is C=CC(=O)Nc1ccc(C(=O)N(C)C)nc1. The van der Waals surface area contributed by atoms with Gasteiger partial charge in [0, 0.05) is 14.1 Å². The first-order valence-corrected chi connectivity index (χ1v) is 4.65. The average Bonchev–Trinajstić information content (AvgIpc) is 2.28. The molecule has 0 bridgehead atoms. The summed E-state index contributed by atoms with van der Waals surface area (Å²) in [6.45, 7) is 3.33. The van der Waals surface area contributed by atoms with Gasteiger partial charge in [0.15, 0.2) is 0 Å². The summed E-state index contributed by atoms with van der Waals surface area (Å²) in [6.07, 6.45) is 2.59. The predicted octanol–water partition coefficient (Wildman–Crippen LogP) is 0.908. The van der Waals surface area contributed by atoms with Gasteiger partial charge in [-0.05, 0) is 18.2 Å². The van der Waals surface area contributed by atoms with Crippen LogP contribution in [0.15, 0.2) is 31.0 Å². The van der Waals surface area contributed by atoms with Crippen LogP contribution in [0.5, 0.6) is 0 Å². The molecule has 1 aromatic heterocycles. The van der Waals surface area contributed by atoms with Gasteiger partial charge >= 0.3 is 0 Å². The summed E-state index contributed by atoms with van der Waals surface area (Å²) in [4.78, 5) is 27.9. The number of hydrogen-bond donors (Lipinski definition) is 1. The van der Waals surface area contributed by atoms with E-state index in [4.69, 9.17) is 0 Å². The van der Waals surface area contributed by atoms with Gasteiger partial charge in [-0.3, -0.25) is 9.59 Å². The van der Waals surface area contributed by atoms with Crippen LogP contribution in [0, 0.1) is 0 Å². The van der Waals surface area contributed by atoms with Crippen molar-refractivity contribution < 1.29 is 9.59 Å². The molecule has 5 heteroatoms. The van der Waals surface area contributed by atoms with E-state index in [0.717, 1.165) is 0 Å². The normalized spacial score (nSPS) is 9.38. The number of nitrogens with zero attached hydrogens (tertiary/aromatic N) is 2. The number of anilines is 1. The fourth-order valence-corrected chi connectivity index (χ4v) is 1.02. The Hall–Kier alpha value is -2.17. The van der Waals surface area contributed by atoms with Crippen LogP contribution in [0.1, 0.15) is 10.5 Å². The number of amides is 2. The number of aromatic nitrogens is 1. The molecule has 0 spiro atoms. The van der Waals surface area contributed by atoms with Gasteiger partial charge in [-0.25, -0.2) is 4.98 Å². The van der Waals surface area contributed by atoms with Crippen molar-refractivity contribution >= 4 is 17.5 Å². The first-order valence-electron chi connectivity index (χ1n) is 4.65. The van der Waals surface area contributed by atoms with Crippen molar-refractivity contribution in [2.75, 3.05) is 19.4 Å². The number of carbonyl (C=O) groups excluding carboxylic acids is 2. The summed E-state index contributed by atoms with van der Waals surface area (Å²) in [5.41, 5.74) is 0.863. The summed E-state index contributed by atoms with van der Waals surface area (Å²) >= 11 is 0. The van der Waals surface area contributed by atoms with Gasteiger partial charge in [0.05, 0.1) is 11.9 Å². The minimum Gasteiger partial charge on any atom is -0.343 e. The van der Waals surface area contributed by atoms with Crippen molar-refractivity contribution in [2.45, 2.75) is 0 Å². The summed E-state index contributed by atoms with van der Waals surface area (Å²) in [5.74, 6) is -0.491. The zero-order valence-electron chi connectivity index (χ0n) is 9.23. The molecule has 16 heavy (non-hydrogen) atoms. The lowest BCUT2D eigenvalue weighted by Gasteiger charge is -2.09. The van der Waals surface area contributed by atoms with Crippen molar-refractivity contribution in [1.29, 1.82) is 0 Å². The van der Waals surface area contributed by atoms with Gasteiger partial charge in [0.1, 0.15) is 5.69 Å². The number of nitrogens with one attached hydrogen (secondary N) is 1. The third-order valence-corrected chi connectivity index (χ3v) is 1.84. The van der Waals surface area contributed by atoms with Crippen LogP contribution in [0.4, 0.5) is 5.69 Å². The Morgan fingerprint density at radius 3 is 2.56 bits per heavy atom. The topological polar surface area (TPSA) is 62.3 Å². The predicted molar refractivity (Wildman–Crippen MR) is 61.1 cm³/mol. The molecular weight excluding hydrogens is 206 g/mol. The Kier molecular flexibility index (Phi) is 3.77. The summed E-state index contributed by atoms with van der Waals surface area (Å²) in [7, 11) is 3.30. The zero-order valence-corrected chi connectivity index (χ0v) is 9.23. The van der Waals surface area contributed by atoms with E-state index in [1.165, 1.54) is 17.2 Å². The van der Waals surface area contributed by atoms with Crippen LogP contribution >= 0.6 is 0 Å². The van der Waals surface area contributed by atoms with Crippen LogP contribution in [0.25, 0.3) is 0 Å². The minimum absolute atomic E-state index is 0.179. The van der Waals surface area contributed by atoms with E-state index in [9.17, 15) is 9.59 Å². The maximum atomic E-state index is 11.5. The van der Waals surface area contributed by atoms with Crippen molar-refractivity contribution in [2.24, 2.45) is 0 Å². The Bertz CT molecular complexity index is 410. The summed E-state index contributed by atoms with van der Waals surface area (Å²) < 4.78 is 0. The van der Waals surface area contributed by atoms with Crippen LogP contribution in [0.3, 0.4) is 0 Å². The first kappa shape index (κ1) is 11.9. The molecule has 0 unspecified atom stereocenters. The van der Waals surface area contributed by atoms with Crippen molar-refractivity contribution in [3.8, 4) is 0 Å². The van der Waals surface area contributed by atoms with Gasteiger partial charge in [0.25, 0.3) is 5.91 Å². The Balaban J connectivity index is 2.79. The Morgan fingerprint density at radius 2 is 2.12 bits per heavy atom. The fraction of sp³-hybridized carbons (Fsp3) is 0.182. The van der Waals surface area contributed by atoms with Gasteiger partial charge in [0.2, 0.25) is 5.91 Å². The molecule has 0 aliphatic heterocycles. The number of pyridine rings is 1. The quantitative estimate of drug-likeness (QED) is 0.768. The molecule has 1 rings (SSSR count). The second-order valence-corrected chi connectivity index (χ2v) is 3.33. The highest BCUT2D eigenvalue weighted by molar-refractivity contribution is 5.99. The zero-order chi connectivity index (χ0) is 12.1. The number of carbonyl (C=O) groups is 2. The molecule has 0 aromatic carbocycles. The molecular formula is C11H13N3O2. The Morgan fingerprint density at radius 1 is 1.44 bits per heavy atom. The van der Waals surface area contributed by atoms with E-state index >= 15 is 0 Å². The molecule has 84 valence electrons. The van der Waals surface area contributed by atoms with Gasteiger partial charge in [-0.1, -0.05) is 6.58 Å².